The molecule has 4 rings (SSSR count). The molecule has 1 N–H and O–H groups in total. The van der Waals surface area contributed by atoms with Gasteiger partial charge in [-0.2, -0.15) is 0 Å². The van der Waals surface area contributed by atoms with Crippen LogP contribution in [0.15, 0.2) is 12.2 Å². The Morgan fingerprint density at radius 2 is 1.95 bits per heavy atom. The standard InChI is InChI=1S/C17H26O2/c1-19-6-2-3-15(18)13-8-12-9-14(13)17-11-5-4-10(7-11)16(12)17/h4-5,10-18H,2-3,6-9H2,1H3. The van der Waals surface area contributed by atoms with E-state index in [1.165, 1.54) is 19.3 Å². The first kappa shape index (κ1) is 12.4. The fourth-order valence-electron chi connectivity index (χ4n) is 6.16. The zero-order valence-electron chi connectivity index (χ0n) is 11.9. The monoisotopic (exact) mass is 262 g/mol. The van der Waals surface area contributed by atoms with Crippen LogP contribution in [0.2, 0.25) is 0 Å². The van der Waals surface area contributed by atoms with Crippen molar-refractivity contribution in [1.29, 1.82) is 0 Å². The van der Waals surface area contributed by atoms with Crippen LogP contribution in [0.25, 0.3) is 0 Å². The van der Waals surface area contributed by atoms with Crippen molar-refractivity contribution in [3.8, 4) is 0 Å². The second-order valence-electron chi connectivity index (χ2n) is 7.36. The molecule has 8 unspecified atom stereocenters. The lowest BCUT2D eigenvalue weighted by Crippen LogP contribution is -2.36. The molecule has 3 saturated carbocycles. The zero-order valence-corrected chi connectivity index (χ0v) is 11.9. The Bertz CT molecular complexity index is 377. The van der Waals surface area contributed by atoms with Crippen LogP contribution in [0.3, 0.4) is 0 Å². The minimum Gasteiger partial charge on any atom is -0.393 e. The van der Waals surface area contributed by atoms with Crippen molar-refractivity contribution in [2.75, 3.05) is 13.7 Å². The Morgan fingerprint density at radius 3 is 2.74 bits per heavy atom. The first-order valence-corrected chi connectivity index (χ1v) is 8.15. The van der Waals surface area contributed by atoms with E-state index in [-0.39, 0.29) is 6.10 Å². The SMILES string of the molecule is COCCCC(O)C1CC2CC1C1C3C=CC(C3)C21. The molecule has 3 fully saturated rings. The highest BCUT2D eigenvalue weighted by atomic mass is 16.5. The van der Waals surface area contributed by atoms with Crippen molar-refractivity contribution in [3.63, 3.8) is 0 Å². The third-order valence-corrected chi connectivity index (χ3v) is 6.66. The molecule has 4 aliphatic rings. The molecule has 2 heteroatoms. The van der Waals surface area contributed by atoms with E-state index >= 15 is 0 Å². The van der Waals surface area contributed by atoms with Gasteiger partial charge in [-0.3, -0.25) is 0 Å². The minimum atomic E-state index is -0.0748. The maximum atomic E-state index is 10.5. The van der Waals surface area contributed by atoms with E-state index in [0.29, 0.717) is 5.92 Å². The van der Waals surface area contributed by atoms with E-state index in [4.69, 9.17) is 4.74 Å². The van der Waals surface area contributed by atoms with Crippen LogP contribution in [0.4, 0.5) is 0 Å². The molecule has 0 aromatic rings. The number of rotatable bonds is 5. The number of fused-ring (bicyclic) bond motifs is 9. The highest BCUT2D eigenvalue weighted by molar-refractivity contribution is 5.20. The Labute approximate surface area is 116 Å². The average molecular weight is 262 g/mol. The van der Waals surface area contributed by atoms with E-state index in [1.807, 2.05) is 0 Å². The van der Waals surface area contributed by atoms with Crippen LogP contribution in [-0.4, -0.2) is 24.9 Å². The summed E-state index contributed by atoms with van der Waals surface area (Å²) in [5.74, 6) is 6.02. The second kappa shape index (κ2) is 4.60. The molecular weight excluding hydrogens is 236 g/mol. The van der Waals surface area contributed by atoms with Gasteiger partial charge in [0.25, 0.3) is 0 Å². The first-order chi connectivity index (χ1) is 9.29. The summed E-state index contributed by atoms with van der Waals surface area (Å²) in [5.41, 5.74) is 0. The Morgan fingerprint density at radius 1 is 1.16 bits per heavy atom. The van der Waals surface area contributed by atoms with Crippen molar-refractivity contribution in [2.24, 2.45) is 41.4 Å². The average Bonchev–Trinajstić information content (AvgIpc) is 3.16. The number of methoxy groups -OCH3 is 1. The molecule has 0 aromatic carbocycles. The summed E-state index contributed by atoms with van der Waals surface area (Å²) in [6.45, 7) is 0.789. The molecule has 0 spiro atoms. The lowest BCUT2D eigenvalue weighted by Gasteiger charge is -2.38. The van der Waals surface area contributed by atoms with Gasteiger partial charge in [0.2, 0.25) is 0 Å². The Hall–Kier alpha value is -0.340. The molecule has 106 valence electrons. The van der Waals surface area contributed by atoms with Crippen LogP contribution in [-0.2, 0) is 4.74 Å². The van der Waals surface area contributed by atoms with E-state index in [9.17, 15) is 5.11 Å². The van der Waals surface area contributed by atoms with Gasteiger partial charge in [0.15, 0.2) is 0 Å². The molecule has 0 saturated heterocycles. The number of aliphatic hydroxyl groups is 1. The van der Waals surface area contributed by atoms with E-state index in [1.54, 1.807) is 7.11 Å². The lowest BCUT2D eigenvalue weighted by molar-refractivity contribution is 0.0237. The summed E-state index contributed by atoms with van der Waals surface area (Å²) in [4.78, 5) is 0. The minimum absolute atomic E-state index is 0.0748. The van der Waals surface area contributed by atoms with Gasteiger partial charge < -0.3 is 9.84 Å². The molecule has 0 aromatic heterocycles. The maximum Gasteiger partial charge on any atom is 0.0572 e. The summed E-state index contributed by atoms with van der Waals surface area (Å²) in [6.07, 6.45) is 11.0. The fraction of sp³-hybridized carbons (Fsp3) is 0.882. The van der Waals surface area contributed by atoms with Crippen LogP contribution >= 0.6 is 0 Å². The second-order valence-corrected chi connectivity index (χ2v) is 7.36. The van der Waals surface area contributed by atoms with Crippen LogP contribution in [0.5, 0.6) is 0 Å². The van der Waals surface area contributed by atoms with Gasteiger partial charge in [-0.05, 0) is 73.5 Å². The van der Waals surface area contributed by atoms with Crippen molar-refractivity contribution in [3.05, 3.63) is 12.2 Å². The van der Waals surface area contributed by atoms with Gasteiger partial charge in [0.1, 0.15) is 0 Å². The predicted octanol–water partition coefficient (Wildman–Crippen LogP) is 2.87. The zero-order chi connectivity index (χ0) is 13.0. The fourth-order valence-corrected chi connectivity index (χ4v) is 6.16. The third kappa shape index (κ3) is 1.76. The van der Waals surface area contributed by atoms with Gasteiger partial charge in [0.05, 0.1) is 6.10 Å². The predicted molar refractivity (Wildman–Crippen MR) is 74.5 cm³/mol. The van der Waals surface area contributed by atoms with Gasteiger partial charge in [-0.25, -0.2) is 0 Å². The highest BCUT2D eigenvalue weighted by Gasteiger charge is 2.61. The quantitative estimate of drug-likeness (QED) is 0.469. The van der Waals surface area contributed by atoms with Crippen LogP contribution in [0.1, 0.15) is 32.1 Å². The molecular formula is C17H26O2. The number of hydrogen-bond donors (Lipinski definition) is 1. The van der Waals surface area contributed by atoms with E-state index < -0.39 is 0 Å². The van der Waals surface area contributed by atoms with Crippen LogP contribution in [0, 0.1) is 41.4 Å². The first-order valence-electron chi connectivity index (χ1n) is 8.15. The van der Waals surface area contributed by atoms with Crippen LogP contribution < -0.4 is 0 Å². The van der Waals surface area contributed by atoms with Gasteiger partial charge in [-0.1, -0.05) is 12.2 Å². The molecule has 0 aliphatic heterocycles. The van der Waals surface area contributed by atoms with Crippen molar-refractivity contribution in [1.82, 2.24) is 0 Å². The molecule has 4 bridgehead atoms. The third-order valence-electron chi connectivity index (χ3n) is 6.66. The molecule has 0 heterocycles. The van der Waals surface area contributed by atoms with Crippen molar-refractivity contribution < 1.29 is 9.84 Å². The highest BCUT2D eigenvalue weighted by Crippen LogP contribution is 2.67. The number of allylic oxidation sites excluding steroid dienone is 2. The topological polar surface area (TPSA) is 29.5 Å². The molecule has 4 aliphatic carbocycles. The van der Waals surface area contributed by atoms with E-state index in [0.717, 1.165) is 55.0 Å². The summed E-state index contributed by atoms with van der Waals surface area (Å²) < 4.78 is 5.11. The normalized spacial score (nSPS) is 50.9. The lowest BCUT2D eigenvalue weighted by atomic mass is 9.68. The van der Waals surface area contributed by atoms with Crippen molar-refractivity contribution >= 4 is 0 Å². The molecule has 8 atom stereocenters. The number of ether oxygens (including phenoxy) is 1. The summed E-state index contributed by atoms with van der Waals surface area (Å²) in [5, 5.41) is 10.5. The molecule has 19 heavy (non-hydrogen) atoms. The maximum absolute atomic E-state index is 10.5. The van der Waals surface area contributed by atoms with Gasteiger partial charge in [-0.15, -0.1) is 0 Å². The smallest absolute Gasteiger partial charge is 0.0572 e. The molecule has 0 amide bonds. The largest absolute Gasteiger partial charge is 0.393 e. The Balaban J connectivity index is 1.43. The summed E-state index contributed by atoms with van der Waals surface area (Å²) in [7, 11) is 1.75. The molecule has 0 radical (unpaired) electrons. The van der Waals surface area contributed by atoms with E-state index in [2.05, 4.69) is 12.2 Å². The summed E-state index contributed by atoms with van der Waals surface area (Å²) >= 11 is 0. The molecule has 2 nitrogen and oxygen atoms in total. The number of hydrogen-bond acceptors (Lipinski definition) is 2. The van der Waals surface area contributed by atoms with Crippen molar-refractivity contribution in [2.45, 2.75) is 38.2 Å². The van der Waals surface area contributed by atoms with Gasteiger partial charge >= 0.3 is 0 Å². The van der Waals surface area contributed by atoms with Gasteiger partial charge in [0, 0.05) is 13.7 Å². The summed E-state index contributed by atoms with van der Waals surface area (Å²) in [6, 6.07) is 0. The number of aliphatic hydroxyl groups excluding tert-OH is 1. The Kier molecular flexibility index (Phi) is 3.00.